The molecule has 0 heterocycles. The van der Waals surface area contributed by atoms with Crippen molar-refractivity contribution in [1.29, 1.82) is 0 Å². The number of amidine groups is 1. The average Bonchev–Trinajstić information content (AvgIpc) is 2.47. The van der Waals surface area contributed by atoms with Gasteiger partial charge in [0, 0.05) is 5.71 Å². The highest BCUT2D eigenvalue weighted by Gasteiger charge is 2.02. The first-order chi connectivity index (χ1) is 10.1. The SMILES string of the molecule is C=C(Cl)/N=C(Cl)\N=C(/C)c1cccc(-c2ccccc2)c1. The molecule has 2 aromatic carbocycles. The van der Waals surface area contributed by atoms with Gasteiger partial charge in [0.15, 0.2) is 0 Å². The van der Waals surface area contributed by atoms with Crippen molar-refractivity contribution in [2.24, 2.45) is 9.98 Å². The van der Waals surface area contributed by atoms with Gasteiger partial charge in [-0.1, -0.05) is 66.7 Å². The quantitative estimate of drug-likeness (QED) is 0.407. The summed E-state index contributed by atoms with van der Waals surface area (Å²) in [7, 11) is 0. The van der Waals surface area contributed by atoms with Crippen LogP contribution in [-0.2, 0) is 0 Å². The molecule has 21 heavy (non-hydrogen) atoms. The predicted molar refractivity (Wildman–Crippen MR) is 92.4 cm³/mol. The Labute approximate surface area is 134 Å². The number of halogens is 2. The molecule has 0 unspecified atom stereocenters. The van der Waals surface area contributed by atoms with Crippen molar-refractivity contribution < 1.29 is 0 Å². The van der Waals surface area contributed by atoms with E-state index in [1.165, 1.54) is 0 Å². The maximum atomic E-state index is 5.89. The maximum Gasteiger partial charge on any atom is 0.223 e. The Morgan fingerprint density at radius 3 is 2.24 bits per heavy atom. The molecule has 4 heteroatoms. The number of benzene rings is 2. The Hall–Kier alpha value is -1.90. The lowest BCUT2D eigenvalue weighted by molar-refractivity contribution is 1.48. The molecule has 0 radical (unpaired) electrons. The van der Waals surface area contributed by atoms with Gasteiger partial charge in [-0.05, 0) is 41.3 Å². The van der Waals surface area contributed by atoms with Gasteiger partial charge in [-0.3, -0.25) is 0 Å². The van der Waals surface area contributed by atoms with Gasteiger partial charge in [0.05, 0.1) is 0 Å². The number of rotatable bonds is 3. The van der Waals surface area contributed by atoms with Crippen LogP contribution in [0, 0.1) is 0 Å². The minimum absolute atomic E-state index is 0.0672. The fourth-order valence-electron chi connectivity index (χ4n) is 1.88. The molecule has 0 aromatic heterocycles. The average molecular weight is 317 g/mol. The first kappa shape index (κ1) is 15.5. The second kappa shape index (κ2) is 7.21. The number of hydrogen-bond acceptors (Lipinski definition) is 1. The van der Waals surface area contributed by atoms with Gasteiger partial charge < -0.3 is 0 Å². The van der Waals surface area contributed by atoms with Crippen molar-refractivity contribution in [2.75, 3.05) is 0 Å². The number of hydrogen-bond donors (Lipinski definition) is 0. The van der Waals surface area contributed by atoms with E-state index in [-0.39, 0.29) is 10.5 Å². The van der Waals surface area contributed by atoms with Gasteiger partial charge >= 0.3 is 0 Å². The second-order valence-electron chi connectivity index (χ2n) is 4.40. The van der Waals surface area contributed by atoms with E-state index in [9.17, 15) is 0 Å². The van der Waals surface area contributed by atoms with E-state index in [0.29, 0.717) is 0 Å². The fraction of sp³-hybridized carbons (Fsp3) is 0.0588. The van der Waals surface area contributed by atoms with Crippen molar-refractivity contribution in [1.82, 2.24) is 0 Å². The lowest BCUT2D eigenvalue weighted by Gasteiger charge is -2.05. The molecule has 106 valence electrons. The predicted octanol–water partition coefficient (Wildman–Crippen LogP) is 5.47. The standard InChI is InChI=1S/C17H14Cl2N2/c1-12(20-17(19)21-13(2)18)15-9-6-10-16(11-15)14-7-4-3-5-8-14/h3-11H,2H2,1H3/b20-12+,21-17-. The molecule has 0 fully saturated rings. The molecule has 0 bridgehead atoms. The minimum atomic E-state index is 0.0672. The number of nitrogens with zero attached hydrogens (tertiary/aromatic N) is 2. The molecule has 2 aromatic rings. The van der Waals surface area contributed by atoms with Crippen LogP contribution in [0.1, 0.15) is 12.5 Å². The lowest BCUT2D eigenvalue weighted by atomic mass is 10.0. The van der Waals surface area contributed by atoms with Gasteiger partial charge in [-0.2, -0.15) is 0 Å². The highest BCUT2D eigenvalue weighted by atomic mass is 35.5. The largest absolute Gasteiger partial charge is 0.223 e. The van der Waals surface area contributed by atoms with Crippen LogP contribution < -0.4 is 0 Å². The zero-order valence-corrected chi connectivity index (χ0v) is 13.1. The molecule has 2 rings (SSSR count). The van der Waals surface area contributed by atoms with Gasteiger partial charge in [-0.15, -0.1) is 0 Å². The van der Waals surface area contributed by atoms with Gasteiger partial charge in [0.2, 0.25) is 5.29 Å². The first-order valence-corrected chi connectivity index (χ1v) is 7.11. The Kier molecular flexibility index (Phi) is 5.32. The van der Waals surface area contributed by atoms with Crippen molar-refractivity contribution in [2.45, 2.75) is 6.92 Å². The van der Waals surface area contributed by atoms with Crippen molar-refractivity contribution in [3.63, 3.8) is 0 Å². The molecular formula is C17H14Cl2N2. The van der Waals surface area contributed by atoms with Crippen LogP contribution in [0.25, 0.3) is 11.1 Å². The summed E-state index contributed by atoms with van der Waals surface area (Å²) in [6, 6.07) is 18.2. The molecule has 0 saturated carbocycles. The Bertz CT molecular complexity index is 704. The molecule has 0 aliphatic rings. The first-order valence-electron chi connectivity index (χ1n) is 6.36. The van der Waals surface area contributed by atoms with E-state index in [1.54, 1.807) is 0 Å². The summed E-state index contributed by atoms with van der Waals surface area (Å²) >= 11 is 11.5. The van der Waals surface area contributed by atoms with Gasteiger partial charge in [0.1, 0.15) is 5.16 Å². The smallest absolute Gasteiger partial charge is 0.223 e. The summed E-state index contributed by atoms with van der Waals surface area (Å²) in [6.45, 7) is 5.33. The highest BCUT2D eigenvalue weighted by Crippen LogP contribution is 2.20. The molecule has 0 aliphatic carbocycles. The summed E-state index contributed by atoms with van der Waals surface area (Å²) in [5.41, 5.74) is 4.02. The monoisotopic (exact) mass is 316 g/mol. The fourth-order valence-corrected chi connectivity index (χ4v) is 2.23. The molecule has 0 atom stereocenters. The molecule has 2 nitrogen and oxygen atoms in total. The summed E-state index contributed by atoms with van der Waals surface area (Å²) in [5.74, 6) is 0. The Balaban J connectivity index is 2.34. The van der Waals surface area contributed by atoms with Crippen LogP contribution in [0.15, 0.2) is 76.3 Å². The zero-order chi connectivity index (χ0) is 15.2. The maximum absolute atomic E-state index is 5.89. The molecule has 0 amide bonds. The molecule has 0 N–H and O–H groups in total. The van der Waals surface area contributed by atoms with Crippen LogP contribution in [-0.4, -0.2) is 11.0 Å². The normalized spacial score (nSPS) is 12.3. The van der Waals surface area contributed by atoms with Crippen LogP contribution in [0.5, 0.6) is 0 Å². The third-order valence-corrected chi connectivity index (χ3v) is 3.11. The summed E-state index contributed by atoms with van der Waals surface area (Å²) in [6.07, 6.45) is 0. The highest BCUT2D eigenvalue weighted by molar-refractivity contribution is 6.66. The summed E-state index contributed by atoms with van der Waals surface area (Å²) in [5, 5.41) is 0.173. The van der Waals surface area contributed by atoms with Crippen LogP contribution in [0.3, 0.4) is 0 Å². The van der Waals surface area contributed by atoms with E-state index in [1.807, 2.05) is 37.3 Å². The second-order valence-corrected chi connectivity index (χ2v) is 5.18. The van der Waals surface area contributed by atoms with Crippen LogP contribution in [0.4, 0.5) is 0 Å². The molecular weight excluding hydrogens is 303 g/mol. The molecule has 0 saturated heterocycles. The number of aliphatic imine (C=N–C) groups is 2. The van der Waals surface area contributed by atoms with E-state index in [4.69, 9.17) is 23.2 Å². The summed E-state index contributed by atoms with van der Waals surface area (Å²) < 4.78 is 0. The van der Waals surface area contributed by atoms with E-state index < -0.39 is 0 Å². The topological polar surface area (TPSA) is 24.7 Å². The van der Waals surface area contributed by atoms with E-state index in [0.717, 1.165) is 22.4 Å². The van der Waals surface area contributed by atoms with Gasteiger partial charge in [0.25, 0.3) is 0 Å². The Morgan fingerprint density at radius 2 is 1.57 bits per heavy atom. The van der Waals surface area contributed by atoms with Crippen LogP contribution >= 0.6 is 23.2 Å². The van der Waals surface area contributed by atoms with E-state index in [2.05, 4.69) is 40.8 Å². The van der Waals surface area contributed by atoms with Crippen molar-refractivity contribution in [3.05, 3.63) is 71.9 Å². The van der Waals surface area contributed by atoms with E-state index >= 15 is 0 Å². The Morgan fingerprint density at radius 1 is 0.905 bits per heavy atom. The third-order valence-electron chi connectivity index (χ3n) is 2.86. The minimum Gasteiger partial charge on any atom is -0.223 e. The third kappa shape index (κ3) is 4.55. The van der Waals surface area contributed by atoms with Gasteiger partial charge in [-0.25, -0.2) is 9.98 Å². The zero-order valence-electron chi connectivity index (χ0n) is 11.6. The van der Waals surface area contributed by atoms with Crippen molar-refractivity contribution in [3.8, 4) is 11.1 Å². The molecule has 0 aliphatic heterocycles. The molecule has 0 spiro atoms. The lowest BCUT2D eigenvalue weighted by Crippen LogP contribution is -1.98. The van der Waals surface area contributed by atoms with Crippen LogP contribution in [0.2, 0.25) is 0 Å². The summed E-state index contributed by atoms with van der Waals surface area (Å²) in [4.78, 5) is 8.00. The van der Waals surface area contributed by atoms with Crippen molar-refractivity contribution >= 4 is 34.2 Å².